The minimum absolute atomic E-state index is 0.0585. The molecule has 1 amide bonds. The second-order valence-electron chi connectivity index (χ2n) is 5.46. The summed E-state index contributed by atoms with van der Waals surface area (Å²) in [6.07, 6.45) is 1.03. The number of amides is 1. The molecule has 0 aliphatic carbocycles. The van der Waals surface area contributed by atoms with Gasteiger partial charge in [-0.05, 0) is 18.9 Å². The number of aliphatic hydroxyl groups is 1. The molecule has 1 aromatic carbocycles. The van der Waals surface area contributed by atoms with Gasteiger partial charge in [0.25, 0.3) is 5.91 Å². The van der Waals surface area contributed by atoms with Gasteiger partial charge in [-0.2, -0.15) is 0 Å². The molecule has 2 aliphatic rings. The summed E-state index contributed by atoms with van der Waals surface area (Å²) in [7, 11) is 4.89. The van der Waals surface area contributed by atoms with Gasteiger partial charge in [0.1, 0.15) is 6.23 Å². The fourth-order valence-corrected chi connectivity index (χ4v) is 3.24. The first-order chi connectivity index (χ1) is 10.1. The van der Waals surface area contributed by atoms with Crippen molar-refractivity contribution in [2.45, 2.75) is 25.1 Å². The van der Waals surface area contributed by atoms with Crippen molar-refractivity contribution in [1.29, 1.82) is 0 Å². The number of anilines is 1. The quantitative estimate of drug-likeness (QED) is 0.883. The average molecular weight is 292 g/mol. The highest BCUT2D eigenvalue weighted by molar-refractivity contribution is 6.02. The van der Waals surface area contributed by atoms with Crippen LogP contribution in [0.3, 0.4) is 0 Å². The topological polar surface area (TPSA) is 62.2 Å². The van der Waals surface area contributed by atoms with Crippen LogP contribution in [0, 0.1) is 0 Å². The maximum absolute atomic E-state index is 12.8. The summed E-state index contributed by atoms with van der Waals surface area (Å²) < 4.78 is 10.6. The van der Waals surface area contributed by atoms with Crippen LogP contribution in [0.15, 0.2) is 12.1 Å². The maximum atomic E-state index is 12.8. The lowest BCUT2D eigenvalue weighted by Crippen LogP contribution is -2.47. The molecule has 6 nitrogen and oxygen atoms in total. The minimum Gasteiger partial charge on any atom is -0.493 e. The summed E-state index contributed by atoms with van der Waals surface area (Å²) >= 11 is 0. The van der Waals surface area contributed by atoms with E-state index in [2.05, 4.69) is 0 Å². The SMILES string of the molecule is COc1cc2c(cc1OC)N(C)C(O)[C@@H]1CCCN1C2=O. The van der Waals surface area contributed by atoms with E-state index in [-0.39, 0.29) is 11.9 Å². The Morgan fingerprint density at radius 2 is 1.90 bits per heavy atom. The van der Waals surface area contributed by atoms with Crippen LogP contribution < -0.4 is 14.4 Å². The number of likely N-dealkylation sites (N-methyl/N-ethyl adjacent to an activating group) is 1. The van der Waals surface area contributed by atoms with E-state index in [9.17, 15) is 9.90 Å². The van der Waals surface area contributed by atoms with Crippen LogP contribution in [-0.4, -0.2) is 56.0 Å². The number of carbonyl (C=O) groups is 1. The van der Waals surface area contributed by atoms with E-state index in [4.69, 9.17) is 9.47 Å². The molecule has 114 valence electrons. The molecular formula is C15H20N2O4. The Bertz CT molecular complexity index is 575. The highest BCUT2D eigenvalue weighted by Gasteiger charge is 2.41. The van der Waals surface area contributed by atoms with Crippen LogP contribution in [0.2, 0.25) is 0 Å². The highest BCUT2D eigenvalue weighted by atomic mass is 16.5. The predicted octanol–water partition coefficient (Wildman–Crippen LogP) is 1.08. The van der Waals surface area contributed by atoms with Crippen LogP contribution in [0.5, 0.6) is 11.5 Å². The third-order valence-corrected chi connectivity index (χ3v) is 4.41. The van der Waals surface area contributed by atoms with Crippen LogP contribution in [-0.2, 0) is 0 Å². The van der Waals surface area contributed by atoms with Crippen LogP contribution in [0.1, 0.15) is 23.2 Å². The predicted molar refractivity (Wildman–Crippen MR) is 78.0 cm³/mol. The fraction of sp³-hybridized carbons (Fsp3) is 0.533. The summed E-state index contributed by atoms with van der Waals surface area (Å²) in [6.45, 7) is 0.683. The zero-order valence-electron chi connectivity index (χ0n) is 12.5. The third-order valence-electron chi connectivity index (χ3n) is 4.41. The van der Waals surface area contributed by atoms with E-state index in [0.29, 0.717) is 29.3 Å². The summed E-state index contributed by atoms with van der Waals surface area (Å²) in [5, 5.41) is 10.5. The lowest BCUT2D eigenvalue weighted by atomic mass is 10.1. The number of nitrogens with zero attached hydrogens (tertiary/aromatic N) is 2. The standard InChI is InChI=1S/C15H20N2O4/c1-16-11-8-13(21-3)12(20-2)7-9(11)14(18)17-6-4-5-10(17)15(16)19/h7-8,10,15,19H,4-6H2,1-3H3/t10-,15?/m0/s1. The van der Waals surface area contributed by atoms with Crippen LogP contribution in [0.4, 0.5) is 5.69 Å². The van der Waals surface area contributed by atoms with Crippen molar-refractivity contribution in [3.63, 3.8) is 0 Å². The molecule has 0 spiro atoms. The molecule has 2 aliphatic heterocycles. The van der Waals surface area contributed by atoms with Crippen LogP contribution in [0.25, 0.3) is 0 Å². The highest BCUT2D eigenvalue weighted by Crippen LogP contribution is 2.39. The number of fused-ring (bicyclic) bond motifs is 2. The second-order valence-corrected chi connectivity index (χ2v) is 5.46. The van der Waals surface area contributed by atoms with Crippen molar-refractivity contribution >= 4 is 11.6 Å². The molecule has 1 unspecified atom stereocenters. The fourth-order valence-electron chi connectivity index (χ4n) is 3.24. The Kier molecular flexibility index (Phi) is 3.41. The van der Waals surface area contributed by atoms with Crippen molar-refractivity contribution < 1.29 is 19.4 Å². The van der Waals surface area contributed by atoms with Gasteiger partial charge < -0.3 is 24.4 Å². The molecule has 1 fully saturated rings. The van der Waals surface area contributed by atoms with Crippen molar-refractivity contribution in [2.75, 3.05) is 32.7 Å². The number of hydrogen-bond donors (Lipinski definition) is 1. The zero-order chi connectivity index (χ0) is 15.1. The van der Waals surface area contributed by atoms with Gasteiger partial charge >= 0.3 is 0 Å². The normalized spacial score (nSPS) is 24.5. The Morgan fingerprint density at radius 1 is 1.24 bits per heavy atom. The molecule has 2 atom stereocenters. The molecule has 0 aromatic heterocycles. The molecule has 0 radical (unpaired) electrons. The van der Waals surface area contributed by atoms with Gasteiger partial charge in [-0.3, -0.25) is 4.79 Å². The Labute approximate surface area is 123 Å². The van der Waals surface area contributed by atoms with Crippen molar-refractivity contribution in [1.82, 2.24) is 4.90 Å². The molecule has 2 heterocycles. The van der Waals surface area contributed by atoms with Crippen molar-refractivity contribution in [3.05, 3.63) is 17.7 Å². The van der Waals surface area contributed by atoms with Gasteiger partial charge in [-0.15, -0.1) is 0 Å². The first kappa shape index (κ1) is 14.0. The minimum atomic E-state index is -0.712. The molecule has 1 saturated heterocycles. The van der Waals surface area contributed by atoms with E-state index in [0.717, 1.165) is 12.8 Å². The second kappa shape index (κ2) is 5.11. The molecule has 3 rings (SSSR count). The Morgan fingerprint density at radius 3 is 2.57 bits per heavy atom. The molecule has 1 N–H and O–H groups in total. The van der Waals surface area contributed by atoms with E-state index < -0.39 is 6.23 Å². The Balaban J connectivity index is 2.16. The number of rotatable bonds is 2. The first-order valence-corrected chi connectivity index (χ1v) is 7.06. The van der Waals surface area contributed by atoms with Crippen molar-refractivity contribution in [2.24, 2.45) is 0 Å². The van der Waals surface area contributed by atoms with E-state index in [1.165, 1.54) is 0 Å². The van der Waals surface area contributed by atoms with Gasteiger partial charge in [0.05, 0.1) is 31.5 Å². The molecule has 6 heteroatoms. The third kappa shape index (κ3) is 2.01. The van der Waals surface area contributed by atoms with Crippen molar-refractivity contribution in [3.8, 4) is 11.5 Å². The van der Waals surface area contributed by atoms with E-state index >= 15 is 0 Å². The smallest absolute Gasteiger partial charge is 0.256 e. The molecule has 21 heavy (non-hydrogen) atoms. The number of methoxy groups -OCH3 is 2. The number of hydrogen-bond acceptors (Lipinski definition) is 5. The summed E-state index contributed by atoms with van der Waals surface area (Å²) in [5.41, 5.74) is 1.21. The number of ether oxygens (including phenoxy) is 2. The Hall–Kier alpha value is -1.95. The monoisotopic (exact) mass is 292 g/mol. The van der Waals surface area contributed by atoms with Gasteiger partial charge in [0.2, 0.25) is 0 Å². The summed E-state index contributed by atoms with van der Waals surface area (Å²) in [6, 6.07) is 3.28. The average Bonchev–Trinajstić information content (AvgIpc) is 2.98. The molecular weight excluding hydrogens is 272 g/mol. The first-order valence-electron chi connectivity index (χ1n) is 7.06. The molecule has 1 aromatic rings. The van der Waals surface area contributed by atoms with E-state index in [1.54, 1.807) is 43.2 Å². The molecule has 0 saturated carbocycles. The number of aliphatic hydroxyl groups excluding tert-OH is 1. The van der Waals surface area contributed by atoms with Gasteiger partial charge in [0, 0.05) is 19.7 Å². The summed E-state index contributed by atoms with van der Waals surface area (Å²) in [4.78, 5) is 16.3. The molecule has 0 bridgehead atoms. The largest absolute Gasteiger partial charge is 0.493 e. The lowest BCUT2D eigenvalue weighted by Gasteiger charge is -2.31. The van der Waals surface area contributed by atoms with Gasteiger partial charge in [0.15, 0.2) is 11.5 Å². The van der Waals surface area contributed by atoms with Gasteiger partial charge in [-0.1, -0.05) is 0 Å². The number of benzene rings is 1. The van der Waals surface area contributed by atoms with Gasteiger partial charge in [-0.25, -0.2) is 0 Å². The maximum Gasteiger partial charge on any atom is 0.256 e. The zero-order valence-corrected chi connectivity index (χ0v) is 12.5. The lowest BCUT2D eigenvalue weighted by molar-refractivity contribution is 0.0527. The number of carbonyl (C=O) groups excluding carboxylic acids is 1. The van der Waals surface area contributed by atoms with E-state index in [1.807, 2.05) is 0 Å². The van der Waals surface area contributed by atoms with Crippen LogP contribution >= 0.6 is 0 Å². The summed E-state index contributed by atoms with van der Waals surface area (Å²) in [5.74, 6) is 1.01.